The molecule has 1 saturated heterocycles. The Morgan fingerprint density at radius 2 is 1.97 bits per heavy atom. The Morgan fingerprint density at radius 3 is 2.59 bits per heavy atom. The van der Waals surface area contributed by atoms with Crippen molar-refractivity contribution in [3.63, 3.8) is 0 Å². The van der Waals surface area contributed by atoms with Gasteiger partial charge >= 0.3 is 5.97 Å². The number of likely N-dealkylation sites (tertiary alicyclic amines) is 1. The first-order valence-corrected chi connectivity index (χ1v) is 9.86. The highest BCUT2D eigenvalue weighted by Crippen LogP contribution is 2.36. The summed E-state index contributed by atoms with van der Waals surface area (Å²) < 4.78 is 18.9. The molecule has 0 saturated carbocycles. The average Bonchev–Trinajstić information content (AvgIpc) is 2.77. The minimum absolute atomic E-state index is 0.0343. The van der Waals surface area contributed by atoms with Crippen molar-refractivity contribution in [2.45, 2.75) is 25.9 Å². The van der Waals surface area contributed by atoms with Crippen LogP contribution in [-0.4, -0.2) is 64.9 Å². The molecule has 1 heterocycles. The number of carboxylic acid groups (broad SMARTS) is 2. The van der Waals surface area contributed by atoms with E-state index in [1.54, 1.807) is 31.2 Å². The number of carbonyl (C=O) groups excluding carboxylic acids is 1. The topological polar surface area (TPSA) is 124 Å². The number of ether oxygens (including phenoxy) is 1. The molecule has 1 aliphatic rings. The lowest BCUT2D eigenvalue weighted by Crippen LogP contribution is -2.58. The quantitative estimate of drug-likeness (QED) is 0.601. The van der Waals surface area contributed by atoms with Gasteiger partial charge in [-0.05, 0) is 55.2 Å². The van der Waals surface area contributed by atoms with Crippen molar-refractivity contribution < 1.29 is 38.8 Å². The summed E-state index contributed by atoms with van der Waals surface area (Å²) in [6.07, 6.45) is -0.966. The summed E-state index contributed by atoms with van der Waals surface area (Å²) in [5.74, 6) is -1.57. The number of piperidine rings is 1. The molecule has 172 valence electrons. The Hall–Kier alpha value is -3.46. The number of methoxy groups -OCH3 is 1. The third kappa shape index (κ3) is 5.42. The summed E-state index contributed by atoms with van der Waals surface area (Å²) in [6, 6.07) is 10.9. The van der Waals surface area contributed by atoms with E-state index in [4.69, 9.17) is 14.6 Å². The largest absolute Gasteiger partial charge is 0.497 e. The van der Waals surface area contributed by atoms with Gasteiger partial charge in [0.25, 0.3) is 12.4 Å². The SMILES string of the molecule is COc1cccc(C[C@@]2(C(=O)O)CN(C(=O)c3cc(F)ccc3C)CC[C@@H]2O)c1.O=CO. The van der Waals surface area contributed by atoms with Gasteiger partial charge in [0.05, 0.1) is 13.2 Å². The second kappa shape index (κ2) is 10.7. The molecule has 32 heavy (non-hydrogen) atoms. The van der Waals surface area contributed by atoms with Gasteiger partial charge in [0.2, 0.25) is 0 Å². The number of aliphatic hydroxyl groups excluding tert-OH is 1. The summed E-state index contributed by atoms with van der Waals surface area (Å²) in [5, 5.41) is 27.6. The van der Waals surface area contributed by atoms with Crippen LogP contribution in [0.3, 0.4) is 0 Å². The zero-order valence-corrected chi connectivity index (χ0v) is 17.8. The Labute approximate surface area is 184 Å². The maximum atomic E-state index is 13.7. The van der Waals surface area contributed by atoms with E-state index in [-0.39, 0.29) is 38.0 Å². The molecule has 0 aromatic heterocycles. The first kappa shape index (κ1) is 24.8. The molecule has 9 heteroatoms. The number of nitrogens with zero attached hydrogens (tertiary/aromatic N) is 1. The van der Waals surface area contributed by atoms with Crippen molar-refractivity contribution in [1.29, 1.82) is 0 Å². The predicted molar refractivity (Wildman–Crippen MR) is 113 cm³/mol. The third-order valence-electron chi connectivity index (χ3n) is 5.58. The molecule has 2 aromatic carbocycles. The van der Waals surface area contributed by atoms with Crippen LogP contribution in [0.15, 0.2) is 42.5 Å². The summed E-state index contributed by atoms with van der Waals surface area (Å²) in [5.41, 5.74) is -0.0815. The van der Waals surface area contributed by atoms with Gasteiger partial charge < -0.3 is 25.0 Å². The molecule has 0 bridgehead atoms. The van der Waals surface area contributed by atoms with Crippen LogP contribution in [-0.2, 0) is 16.0 Å². The van der Waals surface area contributed by atoms with Crippen molar-refractivity contribution in [3.05, 3.63) is 65.0 Å². The molecule has 0 radical (unpaired) electrons. The summed E-state index contributed by atoms with van der Waals surface area (Å²) in [4.78, 5) is 35.0. The number of aliphatic carboxylic acids is 1. The van der Waals surface area contributed by atoms with Gasteiger partial charge in [-0.25, -0.2) is 4.39 Å². The van der Waals surface area contributed by atoms with Gasteiger partial charge in [0.1, 0.15) is 17.0 Å². The average molecular weight is 447 g/mol. The number of aliphatic hydroxyl groups is 1. The first-order chi connectivity index (χ1) is 15.2. The highest BCUT2D eigenvalue weighted by atomic mass is 19.1. The van der Waals surface area contributed by atoms with Gasteiger partial charge in [-0.2, -0.15) is 0 Å². The molecule has 8 nitrogen and oxygen atoms in total. The van der Waals surface area contributed by atoms with Crippen molar-refractivity contribution in [1.82, 2.24) is 4.90 Å². The standard InChI is InChI=1S/C22H24FNO5.CH2O2/c1-14-6-7-16(23)11-18(14)20(26)24-9-8-19(25)22(13-24,21(27)28)12-15-4-3-5-17(10-15)29-2;2-1-3/h3-7,10-11,19,25H,8-9,12-13H2,1-2H3,(H,27,28);1H,(H,2,3)/t19-,22+;/m0./s1. The normalized spacial score (nSPS) is 20.0. The summed E-state index contributed by atoms with van der Waals surface area (Å²) in [7, 11) is 1.52. The van der Waals surface area contributed by atoms with Crippen LogP contribution in [0, 0.1) is 18.2 Å². The molecule has 1 fully saturated rings. The van der Waals surface area contributed by atoms with E-state index < -0.39 is 29.2 Å². The molecular formula is C23H26FNO7. The van der Waals surface area contributed by atoms with Crippen molar-refractivity contribution in [2.24, 2.45) is 5.41 Å². The number of carbonyl (C=O) groups is 3. The number of hydrogen-bond acceptors (Lipinski definition) is 5. The Bertz CT molecular complexity index is 981. The van der Waals surface area contributed by atoms with Crippen molar-refractivity contribution >= 4 is 18.3 Å². The molecular weight excluding hydrogens is 421 g/mol. The second-order valence-corrected chi connectivity index (χ2v) is 7.59. The van der Waals surface area contributed by atoms with Gasteiger partial charge in [0, 0.05) is 18.7 Å². The van der Waals surface area contributed by atoms with Crippen LogP contribution in [0.1, 0.15) is 27.9 Å². The lowest BCUT2D eigenvalue weighted by Gasteiger charge is -2.43. The van der Waals surface area contributed by atoms with E-state index >= 15 is 0 Å². The molecule has 0 unspecified atom stereocenters. The van der Waals surface area contributed by atoms with E-state index in [9.17, 15) is 24.2 Å². The van der Waals surface area contributed by atoms with E-state index in [0.717, 1.165) is 6.07 Å². The van der Waals surface area contributed by atoms with Gasteiger partial charge in [-0.15, -0.1) is 0 Å². The number of aryl methyl sites for hydroxylation is 1. The lowest BCUT2D eigenvalue weighted by molar-refractivity contribution is -0.161. The van der Waals surface area contributed by atoms with E-state index in [1.807, 2.05) is 0 Å². The maximum absolute atomic E-state index is 13.7. The van der Waals surface area contributed by atoms with Gasteiger partial charge in [-0.3, -0.25) is 14.4 Å². The molecule has 3 rings (SSSR count). The molecule has 3 N–H and O–H groups in total. The number of hydrogen-bond donors (Lipinski definition) is 3. The Morgan fingerprint density at radius 1 is 1.28 bits per heavy atom. The van der Waals surface area contributed by atoms with E-state index in [0.29, 0.717) is 16.9 Å². The van der Waals surface area contributed by atoms with Crippen LogP contribution in [0.5, 0.6) is 5.75 Å². The van der Waals surface area contributed by atoms with Crippen molar-refractivity contribution in [2.75, 3.05) is 20.2 Å². The molecule has 2 aromatic rings. The number of rotatable bonds is 5. The van der Waals surface area contributed by atoms with Crippen LogP contribution < -0.4 is 4.74 Å². The van der Waals surface area contributed by atoms with Crippen LogP contribution >= 0.6 is 0 Å². The number of amides is 1. The number of halogens is 1. The van der Waals surface area contributed by atoms with E-state index in [2.05, 4.69) is 0 Å². The first-order valence-electron chi connectivity index (χ1n) is 9.86. The lowest BCUT2D eigenvalue weighted by atomic mass is 9.72. The zero-order chi connectivity index (χ0) is 23.9. The predicted octanol–water partition coefficient (Wildman–Crippen LogP) is 2.36. The fraction of sp³-hybridized carbons (Fsp3) is 0.348. The maximum Gasteiger partial charge on any atom is 0.314 e. The zero-order valence-electron chi connectivity index (χ0n) is 17.8. The van der Waals surface area contributed by atoms with Crippen LogP contribution in [0.25, 0.3) is 0 Å². The summed E-state index contributed by atoms with van der Waals surface area (Å²) >= 11 is 0. The molecule has 2 atom stereocenters. The summed E-state index contributed by atoms with van der Waals surface area (Å²) in [6.45, 7) is 1.48. The minimum Gasteiger partial charge on any atom is -0.497 e. The second-order valence-electron chi connectivity index (χ2n) is 7.59. The van der Waals surface area contributed by atoms with Gasteiger partial charge in [-0.1, -0.05) is 18.2 Å². The number of carboxylic acids is 1. The number of benzene rings is 2. The van der Waals surface area contributed by atoms with Crippen molar-refractivity contribution in [3.8, 4) is 5.75 Å². The highest BCUT2D eigenvalue weighted by molar-refractivity contribution is 5.96. The van der Waals surface area contributed by atoms with E-state index in [1.165, 1.54) is 24.1 Å². The smallest absolute Gasteiger partial charge is 0.314 e. The minimum atomic E-state index is -1.57. The fourth-order valence-electron chi connectivity index (χ4n) is 3.85. The third-order valence-corrected chi connectivity index (χ3v) is 5.58. The van der Waals surface area contributed by atoms with Crippen LogP contribution in [0.2, 0.25) is 0 Å². The van der Waals surface area contributed by atoms with Crippen LogP contribution in [0.4, 0.5) is 4.39 Å². The monoisotopic (exact) mass is 447 g/mol. The molecule has 1 aliphatic heterocycles. The Balaban J connectivity index is 0.00000114. The highest BCUT2D eigenvalue weighted by Gasteiger charge is 2.50. The molecule has 0 spiro atoms. The molecule has 0 aliphatic carbocycles. The fourth-order valence-corrected chi connectivity index (χ4v) is 3.85. The van der Waals surface area contributed by atoms with Gasteiger partial charge in [0.15, 0.2) is 0 Å². The molecule has 1 amide bonds. The Kier molecular flexibility index (Phi) is 8.31.